The van der Waals surface area contributed by atoms with Gasteiger partial charge in [0.15, 0.2) is 5.60 Å². The predicted octanol–water partition coefficient (Wildman–Crippen LogP) is 5.20. The number of ether oxygens (including phenoxy) is 1. The highest BCUT2D eigenvalue weighted by atomic mass is 32.2. The lowest BCUT2D eigenvalue weighted by Crippen LogP contribution is -2.62. The van der Waals surface area contributed by atoms with Crippen LogP contribution < -0.4 is 0 Å². The summed E-state index contributed by atoms with van der Waals surface area (Å²) in [4.78, 5) is 30.8. The molecule has 2 aromatic rings. The average Bonchev–Trinajstić information content (AvgIpc) is 3.68. The molecule has 0 saturated heterocycles. The monoisotopic (exact) mass is 602 g/mol. The quantitative estimate of drug-likeness (QED) is 0.367. The molecule has 2 aromatic heterocycles. The summed E-state index contributed by atoms with van der Waals surface area (Å²) in [6, 6.07) is 5.02. The largest absolute Gasteiger partial charge is 0.449 e. The normalized spacial score (nSPS) is 35.8. The smallest absolute Gasteiger partial charge is 0.309 e. The number of aromatic nitrogens is 3. The number of halogens is 1. The van der Waals surface area contributed by atoms with Gasteiger partial charge in [-0.2, -0.15) is 14.8 Å². The number of aliphatic hydroxyl groups excluding tert-OH is 1. The van der Waals surface area contributed by atoms with Gasteiger partial charge in [-0.3, -0.25) is 9.59 Å². The first-order chi connectivity index (χ1) is 20.5. The molecule has 43 heavy (non-hydrogen) atoms. The standard InChI is InChI=1S/C33H35FN4O4S/c1-18-12-22-23-8-9-33(30(41)43-11-10-35,42-29(40)19-4-5-19)32(23,3)15-26(39)28(22)31(2)14-20-16-37-38(25(20)13-24(18)31)21-6-7-27(34)36-17-21/h6-7,12-13,16-17,19,22-23,26,28,39H,4-5,8-9,11,14-15H2,1-3H3/t22-,23-,26-,28+,31-,32-,33-/m0/s1. The summed E-state index contributed by atoms with van der Waals surface area (Å²) < 4.78 is 21.5. The fourth-order valence-electron chi connectivity index (χ4n) is 9.08. The molecule has 0 amide bonds. The molecule has 0 bridgehead atoms. The van der Waals surface area contributed by atoms with Gasteiger partial charge in [0.1, 0.15) is 0 Å². The third-order valence-corrected chi connectivity index (χ3v) is 12.0. The Balaban J connectivity index is 1.28. The highest BCUT2D eigenvalue weighted by molar-refractivity contribution is 8.14. The number of rotatable bonds is 5. The fourth-order valence-corrected chi connectivity index (χ4v) is 9.89. The maximum absolute atomic E-state index is 13.9. The summed E-state index contributed by atoms with van der Waals surface area (Å²) in [6.45, 7) is 6.35. The van der Waals surface area contributed by atoms with E-state index in [2.05, 4.69) is 36.1 Å². The highest BCUT2D eigenvalue weighted by Gasteiger charge is 2.70. The van der Waals surface area contributed by atoms with Gasteiger partial charge >= 0.3 is 5.97 Å². The second kappa shape index (κ2) is 9.86. The molecule has 5 aliphatic rings. The van der Waals surface area contributed by atoms with E-state index in [4.69, 9.17) is 4.74 Å². The molecule has 0 aromatic carbocycles. The molecule has 3 fully saturated rings. The van der Waals surface area contributed by atoms with Crippen molar-refractivity contribution in [2.24, 2.45) is 34.5 Å². The van der Waals surface area contributed by atoms with Crippen molar-refractivity contribution in [1.29, 1.82) is 5.26 Å². The van der Waals surface area contributed by atoms with E-state index >= 15 is 0 Å². The van der Waals surface area contributed by atoms with Gasteiger partial charge in [0.2, 0.25) is 11.1 Å². The van der Waals surface area contributed by atoms with Gasteiger partial charge in [-0.25, -0.2) is 9.67 Å². The van der Waals surface area contributed by atoms with Crippen LogP contribution in [0.2, 0.25) is 0 Å². The summed E-state index contributed by atoms with van der Waals surface area (Å²) in [6.07, 6.45) is 10.6. The van der Waals surface area contributed by atoms with Crippen molar-refractivity contribution in [3.8, 4) is 11.8 Å². The maximum atomic E-state index is 13.9. The van der Waals surface area contributed by atoms with Gasteiger partial charge in [0.25, 0.3) is 0 Å². The topological polar surface area (TPSA) is 118 Å². The molecule has 224 valence electrons. The van der Waals surface area contributed by atoms with Gasteiger partial charge in [0, 0.05) is 16.7 Å². The van der Waals surface area contributed by atoms with Crippen molar-refractivity contribution in [1.82, 2.24) is 14.8 Å². The van der Waals surface area contributed by atoms with Crippen LogP contribution in [0.25, 0.3) is 11.8 Å². The molecule has 7 rings (SSSR count). The highest BCUT2D eigenvalue weighted by Crippen LogP contribution is 2.68. The number of esters is 1. The van der Waals surface area contributed by atoms with Gasteiger partial charge in [0.05, 0.1) is 47.6 Å². The Morgan fingerprint density at radius 2 is 2.05 bits per heavy atom. The SMILES string of the molecule is CC1=C[C@@H]2[C@H]([C@@H](O)C[C@@]3(C)[C@H]2CC[C@]3(OC(=O)C2CC2)C(=O)SCC#N)[C@@]2(C)Cc3cnn(-c4ccc(F)nc4)c3C=C12. The molecular weight excluding hydrogens is 567 g/mol. The lowest BCUT2D eigenvalue weighted by atomic mass is 9.46. The van der Waals surface area contributed by atoms with Gasteiger partial charge in [-0.15, -0.1) is 0 Å². The van der Waals surface area contributed by atoms with E-state index in [1.165, 1.54) is 12.3 Å². The summed E-state index contributed by atoms with van der Waals surface area (Å²) in [7, 11) is 0. The molecule has 3 saturated carbocycles. The molecule has 8 nitrogen and oxygen atoms in total. The first kappa shape index (κ1) is 28.5. The van der Waals surface area contributed by atoms with E-state index in [0.717, 1.165) is 47.0 Å². The van der Waals surface area contributed by atoms with Crippen molar-refractivity contribution in [2.45, 2.75) is 71.0 Å². The van der Waals surface area contributed by atoms with Crippen LogP contribution in [0.1, 0.15) is 64.1 Å². The number of hydrogen-bond acceptors (Lipinski definition) is 8. The molecule has 10 heteroatoms. The number of carbonyl (C=O) groups excluding carboxylic acids is 2. The number of thioether (sulfide) groups is 1. The van der Waals surface area contributed by atoms with Crippen LogP contribution >= 0.6 is 11.8 Å². The summed E-state index contributed by atoms with van der Waals surface area (Å²) in [5, 5.41) is 25.7. The van der Waals surface area contributed by atoms with E-state index in [1.807, 2.05) is 19.2 Å². The Kier molecular flexibility index (Phi) is 6.53. The number of carbonyl (C=O) groups is 2. The zero-order valence-electron chi connectivity index (χ0n) is 24.5. The maximum Gasteiger partial charge on any atom is 0.309 e. The predicted molar refractivity (Wildman–Crippen MR) is 158 cm³/mol. The number of allylic oxidation sites excluding steroid dienone is 3. The number of pyridine rings is 1. The molecule has 0 spiro atoms. The van der Waals surface area contributed by atoms with E-state index in [9.17, 15) is 24.3 Å². The number of nitriles is 1. The minimum atomic E-state index is -1.37. The number of aliphatic hydroxyl groups is 1. The number of nitrogens with zero attached hydrogens (tertiary/aromatic N) is 4. The summed E-state index contributed by atoms with van der Waals surface area (Å²) >= 11 is 0.925. The Morgan fingerprint density at radius 1 is 1.26 bits per heavy atom. The molecule has 2 heterocycles. The second-order valence-corrected chi connectivity index (χ2v) is 14.4. The molecule has 0 aliphatic heterocycles. The van der Waals surface area contributed by atoms with E-state index in [-0.39, 0.29) is 45.9 Å². The first-order valence-electron chi connectivity index (χ1n) is 15.1. The van der Waals surface area contributed by atoms with E-state index < -0.39 is 23.1 Å². The van der Waals surface area contributed by atoms with Crippen molar-refractivity contribution in [3.05, 3.63) is 59.0 Å². The van der Waals surface area contributed by atoms with Crippen LogP contribution in [0.4, 0.5) is 4.39 Å². The van der Waals surface area contributed by atoms with Crippen molar-refractivity contribution in [2.75, 3.05) is 5.75 Å². The molecular formula is C33H35FN4O4S. The van der Waals surface area contributed by atoms with Crippen LogP contribution in [-0.2, 0) is 20.7 Å². The second-order valence-electron chi connectivity index (χ2n) is 13.5. The molecule has 5 aliphatic carbocycles. The van der Waals surface area contributed by atoms with Gasteiger partial charge < -0.3 is 9.84 Å². The first-order valence-corrected chi connectivity index (χ1v) is 16.1. The molecule has 1 N–H and O–H groups in total. The van der Waals surface area contributed by atoms with Crippen LogP contribution in [0.5, 0.6) is 0 Å². The minimum absolute atomic E-state index is 0.00778. The summed E-state index contributed by atoms with van der Waals surface area (Å²) in [5.74, 6) is -1.17. The Bertz CT molecular complexity index is 1620. The third kappa shape index (κ3) is 4.11. The van der Waals surface area contributed by atoms with Crippen molar-refractivity contribution in [3.63, 3.8) is 0 Å². The average molecular weight is 603 g/mol. The lowest BCUT2D eigenvalue weighted by molar-refractivity contribution is -0.193. The van der Waals surface area contributed by atoms with Crippen LogP contribution in [-0.4, -0.2) is 48.4 Å². The Labute approximate surface area is 254 Å². The molecule has 0 unspecified atom stereocenters. The number of fused-ring (bicyclic) bond motifs is 6. The Hall–Kier alpha value is -3.29. The lowest BCUT2D eigenvalue weighted by Gasteiger charge is -2.59. The fraction of sp³-hybridized carbons (Fsp3) is 0.545. The minimum Gasteiger partial charge on any atom is -0.449 e. The zero-order valence-corrected chi connectivity index (χ0v) is 25.4. The van der Waals surface area contributed by atoms with Crippen LogP contribution in [0.3, 0.4) is 0 Å². The van der Waals surface area contributed by atoms with Crippen LogP contribution in [0.15, 0.2) is 41.7 Å². The molecule has 7 atom stereocenters. The Morgan fingerprint density at radius 3 is 2.74 bits per heavy atom. The number of hydrogen-bond donors (Lipinski definition) is 1. The third-order valence-electron chi connectivity index (χ3n) is 11.2. The summed E-state index contributed by atoms with van der Waals surface area (Å²) in [5.41, 5.74) is 2.39. The zero-order chi connectivity index (χ0) is 30.3. The van der Waals surface area contributed by atoms with Gasteiger partial charge in [-0.05, 0) is 86.6 Å². The van der Waals surface area contributed by atoms with E-state index in [1.54, 1.807) is 10.7 Å². The van der Waals surface area contributed by atoms with Crippen molar-refractivity contribution < 1.29 is 23.8 Å². The van der Waals surface area contributed by atoms with Gasteiger partial charge in [-0.1, -0.05) is 37.3 Å². The van der Waals surface area contributed by atoms with Crippen molar-refractivity contribution >= 4 is 28.9 Å². The van der Waals surface area contributed by atoms with Crippen LogP contribution in [0, 0.1) is 51.8 Å². The molecule has 0 radical (unpaired) electrons. The van der Waals surface area contributed by atoms with E-state index in [0.29, 0.717) is 31.4 Å².